The molecular weight excluding hydrogens is 326 g/mol. The van der Waals surface area contributed by atoms with Crippen LogP contribution in [0.3, 0.4) is 0 Å². The molecule has 2 nitrogen and oxygen atoms in total. The number of benzene rings is 2. The summed E-state index contributed by atoms with van der Waals surface area (Å²) in [5.41, 5.74) is 2.92. The van der Waals surface area contributed by atoms with Crippen LogP contribution in [0.2, 0.25) is 5.02 Å². The first-order valence-electron chi connectivity index (χ1n) is 6.00. The molecule has 0 aliphatic carbocycles. The van der Waals surface area contributed by atoms with Crippen molar-refractivity contribution in [3.8, 4) is 0 Å². The van der Waals surface area contributed by atoms with Crippen molar-refractivity contribution in [1.29, 1.82) is 0 Å². The Bertz CT molecular complexity index is 574. The Balaban J connectivity index is 2.04. The number of anilines is 1. The standard InChI is InChI=1S/C15H15BrClNO/c1-10-5-6-13(17)8-14(10)18-9-15(19)11-3-2-4-12(16)7-11/h2-8,15,18-19H,9H2,1H3. The summed E-state index contributed by atoms with van der Waals surface area (Å²) in [6.07, 6.45) is -0.559. The predicted molar refractivity (Wildman–Crippen MR) is 83.8 cm³/mol. The van der Waals surface area contributed by atoms with Crippen LogP contribution in [0, 0.1) is 6.92 Å². The van der Waals surface area contributed by atoms with Gasteiger partial charge >= 0.3 is 0 Å². The lowest BCUT2D eigenvalue weighted by Gasteiger charge is -2.15. The molecule has 0 fully saturated rings. The summed E-state index contributed by atoms with van der Waals surface area (Å²) in [4.78, 5) is 0. The van der Waals surface area contributed by atoms with Gasteiger partial charge in [-0.25, -0.2) is 0 Å². The van der Waals surface area contributed by atoms with Gasteiger partial charge in [-0.15, -0.1) is 0 Å². The maximum Gasteiger partial charge on any atom is 0.0962 e. The van der Waals surface area contributed by atoms with Gasteiger partial charge in [0.2, 0.25) is 0 Å². The van der Waals surface area contributed by atoms with Gasteiger partial charge in [-0.05, 0) is 42.3 Å². The molecule has 2 aromatic carbocycles. The van der Waals surface area contributed by atoms with E-state index in [-0.39, 0.29) is 0 Å². The van der Waals surface area contributed by atoms with Gasteiger partial charge in [0.15, 0.2) is 0 Å². The maximum atomic E-state index is 10.2. The summed E-state index contributed by atoms with van der Waals surface area (Å²) in [7, 11) is 0. The first-order chi connectivity index (χ1) is 9.06. The lowest BCUT2D eigenvalue weighted by Crippen LogP contribution is -2.12. The van der Waals surface area contributed by atoms with E-state index in [9.17, 15) is 5.11 Å². The number of rotatable bonds is 4. The molecule has 2 rings (SSSR count). The molecule has 1 unspecified atom stereocenters. The molecular formula is C15H15BrClNO. The first-order valence-corrected chi connectivity index (χ1v) is 7.17. The Kier molecular flexibility index (Phi) is 4.86. The lowest BCUT2D eigenvalue weighted by atomic mass is 10.1. The fraction of sp³-hybridized carbons (Fsp3) is 0.200. The minimum absolute atomic E-state index is 0.442. The number of hydrogen-bond donors (Lipinski definition) is 2. The minimum Gasteiger partial charge on any atom is -0.387 e. The van der Waals surface area contributed by atoms with Crippen molar-refractivity contribution in [1.82, 2.24) is 0 Å². The molecule has 100 valence electrons. The predicted octanol–water partition coefficient (Wildman–Crippen LogP) is 4.56. The van der Waals surface area contributed by atoms with Crippen molar-refractivity contribution in [2.45, 2.75) is 13.0 Å². The molecule has 4 heteroatoms. The number of aliphatic hydroxyl groups is 1. The van der Waals surface area contributed by atoms with E-state index in [1.807, 2.05) is 49.4 Å². The van der Waals surface area contributed by atoms with E-state index in [1.54, 1.807) is 0 Å². The molecule has 0 heterocycles. The molecule has 0 saturated carbocycles. The van der Waals surface area contributed by atoms with Crippen LogP contribution in [-0.4, -0.2) is 11.7 Å². The summed E-state index contributed by atoms with van der Waals surface area (Å²) >= 11 is 9.36. The summed E-state index contributed by atoms with van der Waals surface area (Å²) in [5, 5.41) is 14.1. The molecule has 0 aromatic heterocycles. The van der Waals surface area contributed by atoms with Gasteiger partial charge in [0.1, 0.15) is 0 Å². The van der Waals surface area contributed by atoms with E-state index in [1.165, 1.54) is 0 Å². The average molecular weight is 341 g/mol. The Labute approximate surface area is 126 Å². The third kappa shape index (κ3) is 3.96. The van der Waals surface area contributed by atoms with Crippen molar-refractivity contribution < 1.29 is 5.11 Å². The number of aliphatic hydroxyl groups excluding tert-OH is 1. The van der Waals surface area contributed by atoms with E-state index in [4.69, 9.17) is 11.6 Å². The van der Waals surface area contributed by atoms with Crippen molar-refractivity contribution >= 4 is 33.2 Å². The Morgan fingerprint density at radius 1 is 1.26 bits per heavy atom. The molecule has 0 saturated heterocycles. The fourth-order valence-electron chi connectivity index (χ4n) is 1.82. The van der Waals surface area contributed by atoms with Crippen LogP contribution in [0.25, 0.3) is 0 Å². The van der Waals surface area contributed by atoms with Crippen molar-refractivity contribution in [3.63, 3.8) is 0 Å². The van der Waals surface area contributed by atoms with E-state index < -0.39 is 6.10 Å². The van der Waals surface area contributed by atoms with Crippen molar-refractivity contribution in [2.24, 2.45) is 0 Å². The van der Waals surface area contributed by atoms with E-state index in [2.05, 4.69) is 21.2 Å². The number of nitrogens with one attached hydrogen (secondary N) is 1. The van der Waals surface area contributed by atoms with Crippen LogP contribution in [0.5, 0.6) is 0 Å². The normalized spacial score (nSPS) is 12.2. The molecule has 0 bridgehead atoms. The first kappa shape index (κ1) is 14.4. The third-order valence-corrected chi connectivity index (χ3v) is 3.65. The molecule has 19 heavy (non-hydrogen) atoms. The van der Waals surface area contributed by atoms with Crippen LogP contribution in [0.4, 0.5) is 5.69 Å². The zero-order valence-corrected chi connectivity index (χ0v) is 12.9. The Hall–Kier alpha value is -1.03. The zero-order valence-electron chi connectivity index (χ0n) is 10.5. The third-order valence-electron chi connectivity index (χ3n) is 2.92. The van der Waals surface area contributed by atoms with Gasteiger partial charge in [0.05, 0.1) is 6.10 Å². The SMILES string of the molecule is Cc1ccc(Cl)cc1NCC(O)c1cccc(Br)c1. The second-order valence-corrected chi connectivity index (χ2v) is 5.76. The topological polar surface area (TPSA) is 32.3 Å². The van der Waals surface area contributed by atoms with Crippen LogP contribution >= 0.6 is 27.5 Å². The lowest BCUT2D eigenvalue weighted by molar-refractivity contribution is 0.191. The van der Waals surface area contributed by atoms with Gasteiger partial charge < -0.3 is 10.4 Å². The monoisotopic (exact) mass is 339 g/mol. The molecule has 1 atom stereocenters. The fourth-order valence-corrected chi connectivity index (χ4v) is 2.41. The minimum atomic E-state index is -0.559. The average Bonchev–Trinajstić information content (AvgIpc) is 2.39. The Morgan fingerprint density at radius 3 is 2.79 bits per heavy atom. The van der Waals surface area contributed by atoms with E-state index in [0.717, 1.165) is 21.3 Å². The molecule has 2 N–H and O–H groups in total. The molecule has 0 radical (unpaired) electrons. The highest BCUT2D eigenvalue weighted by Gasteiger charge is 2.08. The highest BCUT2D eigenvalue weighted by Crippen LogP contribution is 2.22. The second kappa shape index (κ2) is 6.42. The van der Waals surface area contributed by atoms with E-state index in [0.29, 0.717) is 11.6 Å². The number of hydrogen-bond acceptors (Lipinski definition) is 2. The molecule has 0 spiro atoms. The quantitative estimate of drug-likeness (QED) is 0.855. The van der Waals surface area contributed by atoms with E-state index >= 15 is 0 Å². The van der Waals surface area contributed by atoms with Crippen LogP contribution in [0.1, 0.15) is 17.2 Å². The number of halogens is 2. The van der Waals surface area contributed by atoms with Gasteiger partial charge in [0, 0.05) is 21.7 Å². The highest BCUT2D eigenvalue weighted by atomic mass is 79.9. The van der Waals surface area contributed by atoms with Gasteiger partial charge in [0.25, 0.3) is 0 Å². The summed E-state index contributed by atoms with van der Waals surface area (Å²) in [6, 6.07) is 13.3. The van der Waals surface area contributed by atoms with Crippen LogP contribution < -0.4 is 5.32 Å². The summed E-state index contributed by atoms with van der Waals surface area (Å²) in [6.45, 7) is 2.45. The number of aryl methyl sites for hydroxylation is 1. The molecule has 2 aromatic rings. The largest absolute Gasteiger partial charge is 0.387 e. The molecule has 0 amide bonds. The zero-order chi connectivity index (χ0) is 13.8. The van der Waals surface area contributed by atoms with Gasteiger partial charge in [-0.3, -0.25) is 0 Å². The van der Waals surface area contributed by atoms with Gasteiger partial charge in [-0.2, -0.15) is 0 Å². The van der Waals surface area contributed by atoms with Crippen molar-refractivity contribution in [2.75, 3.05) is 11.9 Å². The Morgan fingerprint density at radius 2 is 2.05 bits per heavy atom. The molecule has 0 aliphatic rings. The summed E-state index contributed by atoms with van der Waals surface area (Å²) in [5.74, 6) is 0. The summed E-state index contributed by atoms with van der Waals surface area (Å²) < 4.78 is 0.961. The van der Waals surface area contributed by atoms with Crippen LogP contribution in [-0.2, 0) is 0 Å². The smallest absolute Gasteiger partial charge is 0.0962 e. The van der Waals surface area contributed by atoms with Gasteiger partial charge in [-0.1, -0.05) is 45.7 Å². The maximum absolute atomic E-state index is 10.2. The highest BCUT2D eigenvalue weighted by molar-refractivity contribution is 9.10. The van der Waals surface area contributed by atoms with Crippen molar-refractivity contribution in [3.05, 3.63) is 63.1 Å². The van der Waals surface area contributed by atoms with Crippen LogP contribution in [0.15, 0.2) is 46.9 Å². The molecule has 0 aliphatic heterocycles. The second-order valence-electron chi connectivity index (χ2n) is 4.41.